The molecule has 268 valence electrons. The highest BCUT2D eigenvalue weighted by Gasteiger charge is 2.36. The molecule has 1 aliphatic heterocycles. The molecule has 1 fully saturated rings. The molecular formula is C28H33F3N12O4S3. The van der Waals surface area contributed by atoms with E-state index < -0.39 is 17.2 Å². The molecule has 5 aromatic rings. The number of hydrogen-bond donors (Lipinski definition) is 6. The highest BCUT2D eigenvalue weighted by molar-refractivity contribution is 7.22. The molecule has 2 aromatic carbocycles. The van der Waals surface area contributed by atoms with Crippen molar-refractivity contribution in [1.29, 1.82) is 0 Å². The molecule has 50 heavy (non-hydrogen) atoms. The number of amides is 8. The van der Waals surface area contributed by atoms with Crippen LogP contribution in [0.15, 0.2) is 48.5 Å². The topological polar surface area (TPSA) is 198 Å². The fraction of sp³-hybridized carbons (Fsp3) is 0.286. The van der Waals surface area contributed by atoms with Gasteiger partial charge in [0.2, 0.25) is 10.1 Å². The van der Waals surface area contributed by atoms with Gasteiger partial charge in [-0.15, -0.1) is 10.2 Å². The fourth-order valence-electron chi connectivity index (χ4n) is 3.48. The molecule has 0 bridgehead atoms. The van der Waals surface area contributed by atoms with Gasteiger partial charge in [-0.1, -0.05) is 58.3 Å². The predicted octanol–water partition coefficient (Wildman–Crippen LogP) is 4.75. The van der Waals surface area contributed by atoms with E-state index >= 15 is 0 Å². The number of benzene rings is 2. The van der Waals surface area contributed by atoms with Crippen molar-refractivity contribution in [2.45, 2.75) is 6.18 Å². The van der Waals surface area contributed by atoms with Crippen molar-refractivity contribution in [1.82, 2.24) is 46.7 Å². The molecule has 0 atom stereocenters. The first-order chi connectivity index (χ1) is 23.8. The number of thiazole rings is 2. The summed E-state index contributed by atoms with van der Waals surface area (Å²) in [6.07, 6.45) is -4.53. The normalized spacial score (nSPS) is 11.6. The minimum atomic E-state index is -4.53. The number of halogens is 3. The van der Waals surface area contributed by atoms with E-state index in [-0.39, 0.29) is 23.2 Å². The number of alkyl halides is 3. The summed E-state index contributed by atoms with van der Waals surface area (Å²) in [6.45, 7) is 1.55. The van der Waals surface area contributed by atoms with Crippen molar-refractivity contribution in [3.63, 3.8) is 0 Å². The molecule has 1 saturated heterocycles. The number of carbonyl (C=O) groups is 4. The molecule has 8 amide bonds. The fourth-order valence-corrected chi connectivity index (χ4v) is 5.94. The van der Waals surface area contributed by atoms with Gasteiger partial charge in [-0.3, -0.25) is 15.1 Å². The van der Waals surface area contributed by atoms with Crippen LogP contribution in [-0.4, -0.2) is 92.6 Å². The number of nitrogens with zero attached hydrogens (tertiary/aromatic N) is 6. The highest BCUT2D eigenvalue weighted by atomic mass is 32.1. The molecule has 0 radical (unpaired) electrons. The van der Waals surface area contributed by atoms with Gasteiger partial charge in [-0.25, -0.2) is 29.1 Å². The molecule has 0 unspecified atom stereocenters. The largest absolute Gasteiger partial charge is 0.445 e. The van der Waals surface area contributed by atoms with E-state index in [2.05, 4.69) is 52.1 Å². The van der Waals surface area contributed by atoms with E-state index in [0.29, 0.717) is 21.6 Å². The number of para-hydroxylation sites is 2. The zero-order chi connectivity index (χ0) is 36.8. The Bertz CT molecular complexity index is 1830. The van der Waals surface area contributed by atoms with Crippen LogP contribution in [0.4, 0.5) is 47.7 Å². The smallest absolute Gasteiger partial charge is 0.341 e. The van der Waals surface area contributed by atoms with E-state index in [1.807, 2.05) is 48.5 Å². The average molecular weight is 755 g/mol. The van der Waals surface area contributed by atoms with Gasteiger partial charge in [-0.2, -0.15) is 13.2 Å². The first kappa shape index (κ1) is 39.1. The van der Waals surface area contributed by atoms with Gasteiger partial charge in [0.15, 0.2) is 10.3 Å². The van der Waals surface area contributed by atoms with Gasteiger partial charge in [0, 0.05) is 48.3 Å². The predicted molar refractivity (Wildman–Crippen MR) is 189 cm³/mol. The number of nitrogens with one attached hydrogen (secondary N) is 6. The Morgan fingerprint density at radius 1 is 0.740 bits per heavy atom. The van der Waals surface area contributed by atoms with Gasteiger partial charge in [-0.05, 0) is 24.3 Å². The third-order valence-electron chi connectivity index (χ3n) is 5.99. The molecule has 0 aliphatic carbocycles. The van der Waals surface area contributed by atoms with Crippen LogP contribution < -0.4 is 41.7 Å². The number of anilines is 3. The lowest BCUT2D eigenvalue weighted by Crippen LogP contribution is -2.34. The van der Waals surface area contributed by atoms with Crippen LogP contribution in [0.25, 0.3) is 20.4 Å². The molecule has 16 nitrogen and oxygen atoms in total. The molecule has 6 N–H and O–H groups in total. The quantitative estimate of drug-likeness (QED) is 0.152. The lowest BCUT2D eigenvalue weighted by Gasteiger charge is -2.11. The minimum Gasteiger partial charge on any atom is -0.341 e. The van der Waals surface area contributed by atoms with Gasteiger partial charge < -0.3 is 26.6 Å². The van der Waals surface area contributed by atoms with Gasteiger partial charge in [0.1, 0.15) is 0 Å². The van der Waals surface area contributed by atoms with Crippen LogP contribution in [0.1, 0.15) is 5.01 Å². The second-order valence-corrected chi connectivity index (χ2v) is 12.4. The summed E-state index contributed by atoms with van der Waals surface area (Å²) in [6, 6.07) is 14.6. The Kier molecular flexibility index (Phi) is 14.4. The summed E-state index contributed by atoms with van der Waals surface area (Å²) < 4.78 is 38.6. The standard InChI is InChI=1S/C10H11N3OS.C9H9N3OS.C6H7F3N4OS.C3H6N2O/c1-11-9(14)13(2)10-12-7-5-3-4-6-8(7)15-10;1-10-8(13)12-9-11-6-4-2-3-5-7(6)14-9;1-10-4(14)13(2)5-12-11-3(15-5)6(7,8)9;6-3-4-1-2-5-3/h3-6H,1-2H3,(H,11,14);2-5H,1H3,(H2,10,11,12,13);1-2H3,(H,10,14);1-2H2,(H2,4,5,6). The molecular weight excluding hydrogens is 722 g/mol. The Morgan fingerprint density at radius 3 is 1.70 bits per heavy atom. The van der Waals surface area contributed by atoms with Crippen LogP contribution in [0.5, 0.6) is 0 Å². The summed E-state index contributed by atoms with van der Waals surface area (Å²) in [5, 5.41) is 21.4. The number of aromatic nitrogens is 4. The Labute approximate surface area is 295 Å². The van der Waals surface area contributed by atoms with Gasteiger partial charge in [0.25, 0.3) is 0 Å². The van der Waals surface area contributed by atoms with Crippen molar-refractivity contribution in [3.05, 3.63) is 53.5 Å². The Hall–Kier alpha value is -5.35. The van der Waals surface area contributed by atoms with Gasteiger partial charge >= 0.3 is 30.3 Å². The highest BCUT2D eigenvalue weighted by Crippen LogP contribution is 2.34. The van der Waals surface area contributed by atoms with E-state index in [9.17, 15) is 32.3 Å². The zero-order valence-corrected chi connectivity index (χ0v) is 29.7. The third-order valence-corrected chi connectivity index (χ3v) is 9.10. The average Bonchev–Trinajstić information content (AvgIpc) is 3.94. The molecule has 3 aromatic heterocycles. The summed E-state index contributed by atoms with van der Waals surface area (Å²) in [5.41, 5.74) is 1.83. The first-order valence-corrected chi connectivity index (χ1v) is 16.7. The van der Waals surface area contributed by atoms with Crippen LogP contribution in [0.3, 0.4) is 0 Å². The van der Waals surface area contributed by atoms with Crippen LogP contribution in [0, 0.1) is 0 Å². The van der Waals surface area contributed by atoms with Crippen molar-refractivity contribution >= 4 is 94.0 Å². The second kappa shape index (κ2) is 18.4. The zero-order valence-electron chi connectivity index (χ0n) is 27.2. The van der Waals surface area contributed by atoms with Crippen molar-refractivity contribution in [2.75, 3.05) is 63.4 Å². The van der Waals surface area contributed by atoms with E-state index in [1.165, 1.54) is 41.7 Å². The molecule has 4 heterocycles. The van der Waals surface area contributed by atoms with Crippen molar-refractivity contribution in [3.8, 4) is 0 Å². The van der Waals surface area contributed by atoms with Crippen molar-refractivity contribution in [2.24, 2.45) is 0 Å². The maximum absolute atomic E-state index is 12.1. The van der Waals surface area contributed by atoms with E-state index in [4.69, 9.17) is 0 Å². The Morgan fingerprint density at radius 2 is 1.26 bits per heavy atom. The lowest BCUT2D eigenvalue weighted by molar-refractivity contribution is -0.138. The SMILES string of the molecule is CNC(=O)N(C)c1nc2ccccc2s1.CNC(=O)N(C)c1nnc(C(F)(F)F)s1.CNC(=O)Nc1nc2ccccc2s1.O=C1NCCN1. The first-order valence-electron chi connectivity index (χ1n) is 14.3. The van der Waals surface area contributed by atoms with Crippen LogP contribution in [-0.2, 0) is 6.18 Å². The third kappa shape index (κ3) is 11.4. The summed E-state index contributed by atoms with van der Waals surface area (Å²) >= 11 is 3.27. The number of carbonyl (C=O) groups excluding carboxylic acids is 4. The van der Waals surface area contributed by atoms with Crippen LogP contribution in [0.2, 0.25) is 0 Å². The summed E-state index contributed by atoms with van der Waals surface area (Å²) in [5.74, 6) is 0. The number of hydrogen-bond acceptors (Lipinski definition) is 11. The second-order valence-electron chi connectivity index (χ2n) is 9.45. The molecule has 0 spiro atoms. The minimum absolute atomic E-state index is 0.0463. The number of urea groups is 4. The van der Waals surface area contributed by atoms with Crippen LogP contribution >= 0.6 is 34.0 Å². The monoisotopic (exact) mass is 754 g/mol. The molecule has 22 heteroatoms. The molecule has 6 rings (SSSR count). The summed E-state index contributed by atoms with van der Waals surface area (Å²) in [7, 11) is 7.55. The maximum atomic E-state index is 12.1. The summed E-state index contributed by atoms with van der Waals surface area (Å²) in [4.78, 5) is 54.5. The van der Waals surface area contributed by atoms with Crippen molar-refractivity contribution < 1.29 is 32.3 Å². The Balaban J connectivity index is 0.000000187. The lowest BCUT2D eigenvalue weighted by atomic mass is 10.3. The number of fused-ring (bicyclic) bond motifs is 2. The molecule has 0 saturated carbocycles. The molecule has 1 aliphatic rings. The van der Waals surface area contributed by atoms with Gasteiger partial charge in [0.05, 0.1) is 20.4 Å². The number of rotatable bonds is 3. The van der Waals surface area contributed by atoms with E-state index in [1.54, 1.807) is 21.1 Å². The maximum Gasteiger partial charge on any atom is 0.445 e. The van der Waals surface area contributed by atoms with E-state index in [0.717, 1.165) is 38.4 Å².